The van der Waals surface area contributed by atoms with Crippen molar-refractivity contribution in [1.82, 2.24) is 0 Å². The van der Waals surface area contributed by atoms with Crippen molar-refractivity contribution >= 4 is 17.0 Å². The van der Waals surface area contributed by atoms with Gasteiger partial charge >= 0.3 is 11.0 Å². The van der Waals surface area contributed by atoms with Gasteiger partial charge in [-0.1, -0.05) is 6.92 Å². The van der Waals surface area contributed by atoms with Crippen molar-refractivity contribution in [1.29, 1.82) is 0 Å². The average molecular weight is 316 g/mol. The van der Waals surface area contributed by atoms with Gasteiger partial charge in [0.05, 0.1) is 6.61 Å². The quantitative estimate of drug-likeness (QED) is 0.625. The summed E-state index contributed by atoms with van der Waals surface area (Å²) in [5.74, 6) is 1.24. The summed E-state index contributed by atoms with van der Waals surface area (Å²) in [6, 6.07) is 0. The maximum Gasteiger partial charge on any atom is 0.359 e. The maximum absolute atomic E-state index is 14.2. The molecule has 0 radical (unpaired) electrons. The van der Waals surface area contributed by atoms with E-state index in [-0.39, 0.29) is 18.4 Å². The molecule has 1 N–H and O–H groups in total. The van der Waals surface area contributed by atoms with Crippen molar-refractivity contribution < 1.29 is 22.7 Å². The van der Waals surface area contributed by atoms with E-state index in [0.717, 1.165) is 30.6 Å². The monoisotopic (exact) mass is 316 g/mol. The molecule has 0 aromatic heterocycles. The van der Waals surface area contributed by atoms with Gasteiger partial charge in [0.2, 0.25) is 11.1 Å². The highest BCUT2D eigenvalue weighted by molar-refractivity contribution is 7.81. The molecule has 4 unspecified atom stereocenters. The summed E-state index contributed by atoms with van der Waals surface area (Å²) in [5.41, 5.74) is 0.413. The van der Waals surface area contributed by atoms with Crippen LogP contribution in [0.5, 0.6) is 0 Å². The predicted molar refractivity (Wildman–Crippen MR) is 74.3 cm³/mol. The Morgan fingerprint density at radius 1 is 1.38 bits per heavy atom. The van der Waals surface area contributed by atoms with Gasteiger partial charge in [-0.3, -0.25) is 0 Å². The third kappa shape index (κ3) is 1.44. The van der Waals surface area contributed by atoms with E-state index in [1.807, 2.05) is 0 Å². The number of alkyl halides is 1. The molecule has 4 nitrogen and oxygen atoms in total. The van der Waals surface area contributed by atoms with E-state index < -0.39 is 22.1 Å². The first-order chi connectivity index (χ1) is 9.88. The normalized spacial score (nSPS) is 49.6. The molecule has 4 aliphatic rings. The lowest BCUT2D eigenvalue weighted by atomic mass is 9.30. The van der Waals surface area contributed by atoms with Crippen molar-refractivity contribution in [2.45, 2.75) is 50.4 Å². The Hall–Kier alpha value is -0.490. The second-order valence-corrected chi connectivity index (χ2v) is 8.72. The summed E-state index contributed by atoms with van der Waals surface area (Å²) in [6.45, 7) is 1.61. The Morgan fingerprint density at radius 3 is 2.48 bits per heavy atom. The van der Waals surface area contributed by atoms with Crippen LogP contribution >= 0.6 is 0 Å². The number of fused-ring (bicyclic) bond motifs is 1. The third-order valence-corrected chi connectivity index (χ3v) is 8.11. The first-order valence-electron chi connectivity index (χ1n) is 7.85. The zero-order valence-electron chi connectivity index (χ0n) is 12.1. The fraction of sp³-hybridized carbons (Fsp3) is 0.933. The van der Waals surface area contributed by atoms with Crippen LogP contribution in [-0.2, 0) is 20.6 Å². The second kappa shape index (κ2) is 4.07. The molecule has 2 bridgehead atoms. The van der Waals surface area contributed by atoms with E-state index in [1.54, 1.807) is 0 Å². The Balaban J connectivity index is 1.45. The number of carbonyl (C=O) groups is 1. The van der Waals surface area contributed by atoms with E-state index in [4.69, 9.17) is 9.29 Å². The summed E-state index contributed by atoms with van der Waals surface area (Å²) in [7, 11) is 0. The molecule has 0 aromatic carbocycles. The molecule has 0 aromatic rings. The molecule has 118 valence electrons. The molecule has 4 rings (SSSR count). The van der Waals surface area contributed by atoms with E-state index in [9.17, 15) is 13.4 Å². The number of ether oxygens (including phenoxy) is 1. The van der Waals surface area contributed by atoms with Gasteiger partial charge in [-0.05, 0) is 55.3 Å². The summed E-state index contributed by atoms with van der Waals surface area (Å²) in [6.07, 6.45) is 5.70. The molecule has 0 amide bonds. The van der Waals surface area contributed by atoms with E-state index >= 15 is 0 Å². The Labute approximate surface area is 126 Å². The molecule has 4 aliphatic carbocycles. The van der Waals surface area contributed by atoms with Gasteiger partial charge in [0.1, 0.15) is 0 Å². The molecule has 6 heteroatoms. The Bertz CT molecular complexity index is 520. The van der Waals surface area contributed by atoms with Crippen molar-refractivity contribution in [3.8, 4) is 0 Å². The first-order valence-corrected chi connectivity index (χ1v) is 8.96. The number of esters is 1. The standard InChI is InChI=1S/C15H21FO4S/c1-2-15(16,21(18)19)12(17)20-8-13-6-10-3-9-4-11(7-13)14(10,13)5-9/h9-11H,2-8H2,1H3,(H,18,19). The number of hydrogen-bond acceptors (Lipinski definition) is 3. The molecule has 21 heavy (non-hydrogen) atoms. The zero-order chi connectivity index (χ0) is 15.0. The van der Waals surface area contributed by atoms with Gasteiger partial charge < -0.3 is 9.29 Å². The van der Waals surface area contributed by atoms with Crippen molar-refractivity contribution in [2.75, 3.05) is 6.61 Å². The molecule has 4 atom stereocenters. The summed E-state index contributed by atoms with van der Waals surface area (Å²) in [5, 5.41) is -2.78. The molecule has 0 aliphatic heterocycles. The van der Waals surface area contributed by atoms with E-state index in [1.165, 1.54) is 26.2 Å². The van der Waals surface area contributed by atoms with Crippen LogP contribution in [0.2, 0.25) is 0 Å². The highest BCUT2D eigenvalue weighted by atomic mass is 32.2. The molecule has 1 spiro atoms. The fourth-order valence-corrected chi connectivity index (χ4v) is 6.74. The van der Waals surface area contributed by atoms with Gasteiger partial charge in [-0.25, -0.2) is 13.4 Å². The predicted octanol–water partition coefficient (Wildman–Crippen LogP) is 2.65. The van der Waals surface area contributed by atoms with Crippen molar-refractivity contribution in [3.63, 3.8) is 0 Å². The van der Waals surface area contributed by atoms with E-state index in [0.29, 0.717) is 5.41 Å². The Kier molecular flexibility index (Phi) is 2.74. The van der Waals surface area contributed by atoms with Gasteiger partial charge in [0, 0.05) is 11.8 Å². The van der Waals surface area contributed by atoms with E-state index in [2.05, 4.69) is 0 Å². The zero-order valence-corrected chi connectivity index (χ0v) is 13.0. The van der Waals surface area contributed by atoms with Crippen LogP contribution < -0.4 is 0 Å². The first kappa shape index (κ1) is 14.1. The molecule has 0 saturated heterocycles. The lowest BCUT2D eigenvalue weighted by Crippen LogP contribution is -2.70. The van der Waals surface area contributed by atoms with Gasteiger partial charge in [-0.15, -0.1) is 0 Å². The lowest BCUT2D eigenvalue weighted by molar-refractivity contribution is -0.279. The largest absolute Gasteiger partial charge is 0.462 e. The lowest BCUT2D eigenvalue weighted by Gasteiger charge is -2.74. The molecule has 4 fully saturated rings. The second-order valence-electron chi connectivity index (χ2n) is 7.57. The summed E-state index contributed by atoms with van der Waals surface area (Å²) >= 11 is -2.85. The molecule has 4 saturated carbocycles. The highest BCUT2D eigenvalue weighted by Crippen LogP contribution is 2.86. The van der Waals surface area contributed by atoms with Crippen LogP contribution in [0.15, 0.2) is 0 Å². The fourth-order valence-electron chi connectivity index (χ4n) is 6.29. The van der Waals surface area contributed by atoms with Gasteiger partial charge in [-0.2, -0.15) is 0 Å². The topological polar surface area (TPSA) is 63.6 Å². The van der Waals surface area contributed by atoms with Crippen LogP contribution in [0.4, 0.5) is 4.39 Å². The maximum atomic E-state index is 14.2. The van der Waals surface area contributed by atoms with Crippen LogP contribution in [0, 0.1) is 28.6 Å². The van der Waals surface area contributed by atoms with Gasteiger partial charge in [0.25, 0.3) is 0 Å². The van der Waals surface area contributed by atoms with Crippen LogP contribution in [0.1, 0.15) is 45.4 Å². The van der Waals surface area contributed by atoms with Crippen molar-refractivity contribution in [2.24, 2.45) is 28.6 Å². The number of halogens is 1. The Morgan fingerprint density at radius 2 is 2.00 bits per heavy atom. The summed E-state index contributed by atoms with van der Waals surface area (Å²) < 4.78 is 39.4. The minimum Gasteiger partial charge on any atom is -0.462 e. The molecular weight excluding hydrogens is 295 g/mol. The molecular formula is C15H21FO4S. The third-order valence-electron chi connectivity index (χ3n) is 7.10. The van der Waals surface area contributed by atoms with Crippen LogP contribution in [-0.4, -0.2) is 26.3 Å². The summed E-state index contributed by atoms with van der Waals surface area (Å²) in [4.78, 5) is 11.9. The van der Waals surface area contributed by atoms with Gasteiger partial charge in [0.15, 0.2) is 0 Å². The SMILES string of the molecule is CCC(F)(C(=O)OCC12CC3CC4CC(C1)C32C4)S(=O)O. The average Bonchev–Trinajstić information content (AvgIpc) is 2.95. The van der Waals surface area contributed by atoms with Crippen LogP contribution in [0.25, 0.3) is 0 Å². The van der Waals surface area contributed by atoms with Crippen LogP contribution in [0.3, 0.4) is 0 Å². The minimum atomic E-state index is -2.85. The highest BCUT2D eigenvalue weighted by Gasteiger charge is 2.81. The van der Waals surface area contributed by atoms with Crippen molar-refractivity contribution in [3.05, 3.63) is 0 Å². The minimum absolute atomic E-state index is 0.0504. The number of rotatable bonds is 5. The number of hydrogen-bond donors (Lipinski definition) is 1. The smallest absolute Gasteiger partial charge is 0.359 e. The molecule has 0 heterocycles. The number of carbonyl (C=O) groups excluding carboxylic acids is 1.